The topological polar surface area (TPSA) is 46.1 Å². The van der Waals surface area contributed by atoms with Crippen LogP contribution in [0.2, 0.25) is 0 Å². The Labute approximate surface area is 127 Å². The molecule has 106 valence electrons. The summed E-state index contributed by atoms with van der Waals surface area (Å²) in [6, 6.07) is 16.1. The van der Waals surface area contributed by atoms with Crippen LogP contribution in [0.5, 0.6) is 5.75 Å². The number of rotatable bonds is 7. The van der Waals surface area contributed by atoms with Gasteiger partial charge >= 0.3 is 0 Å². The normalized spacial score (nSPS) is 10.5. The molecule has 0 spiro atoms. The summed E-state index contributed by atoms with van der Waals surface area (Å²) in [7, 11) is 0. The van der Waals surface area contributed by atoms with Crippen LogP contribution in [0.25, 0.3) is 0 Å². The van der Waals surface area contributed by atoms with Gasteiger partial charge in [-0.15, -0.1) is 0 Å². The SMILES string of the molecule is OCC[NH2+]Cc1cc(Br)ccc1OCc1ccccc1. The summed E-state index contributed by atoms with van der Waals surface area (Å²) in [5.74, 6) is 0.895. The van der Waals surface area contributed by atoms with Gasteiger partial charge in [-0.25, -0.2) is 0 Å². The lowest BCUT2D eigenvalue weighted by Crippen LogP contribution is -2.83. The molecular weight excluding hydrogens is 318 g/mol. The Hall–Kier alpha value is -1.36. The fraction of sp³-hybridized carbons (Fsp3) is 0.250. The molecule has 20 heavy (non-hydrogen) atoms. The molecule has 2 aromatic carbocycles. The lowest BCUT2D eigenvalue weighted by Gasteiger charge is -2.11. The first-order valence-corrected chi connectivity index (χ1v) is 7.46. The van der Waals surface area contributed by atoms with Gasteiger partial charge in [0.2, 0.25) is 0 Å². The van der Waals surface area contributed by atoms with Crippen LogP contribution in [0.3, 0.4) is 0 Å². The highest BCUT2D eigenvalue weighted by molar-refractivity contribution is 9.10. The molecule has 0 atom stereocenters. The van der Waals surface area contributed by atoms with Gasteiger partial charge in [0, 0.05) is 10.0 Å². The van der Waals surface area contributed by atoms with E-state index in [-0.39, 0.29) is 6.61 Å². The number of hydrogen-bond acceptors (Lipinski definition) is 2. The van der Waals surface area contributed by atoms with Crippen molar-refractivity contribution in [1.29, 1.82) is 0 Å². The Morgan fingerprint density at radius 2 is 1.90 bits per heavy atom. The van der Waals surface area contributed by atoms with Crippen molar-refractivity contribution >= 4 is 15.9 Å². The number of aliphatic hydroxyl groups is 1. The molecule has 3 N–H and O–H groups in total. The molecule has 0 fully saturated rings. The highest BCUT2D eigenvalue weighted by atomic mass is 79.9. The second kappa shape index (κ2) is 8.04. The van der Waals surface area contributed by atoms with Gasteiger partial charge in [0.1, 0.15) is 18.9 Å². The Balaban J connectivity index is 2.02. The standard InChI is InChI=1S/C16H18BrNO2/c17-15-6-7-16(14(10-15)11-18-8-9-19)20-12-13-4-2-1-3-5-13/h1-7,10,18-19H,8-9,11-12H2/p+1. The average Bonchev–Trinajstić information content (AvgIpc) is 2.48. The van der Waals surface area contributed by atoms with Crippen molar-refractivity contribution in [3.63, 3.8) is 0 Å². The van der Waals surface area contributed by atoms with Crippen molar-refractivity contribution in [2.45, 2.75) is 13.2 Å². The highest BCUT2D eigenvalue weighted by Crippen LogP contribution is 2.23. The van der Waals surface area contributed by atoms with Crippen molar-refractivity contribution in [3.8, 4) is 5.75 Å². The molecule has 0 unspecified atom stereocenters. The maximum Gasteiger partial charge on any atom is 0.128 e. The molecule has 2 aromatic rings. The van der Waals surface area contributed by atoms with Crippen molar-refractivity contribution < 1.29 is 15.2 Å². The first-order chi connectivity index (χ1) is 9.79. The summed E-state index contributed by atoms with van der Waals surface area (Å²) in [6.07, 6.45) is 0. The monoisotopic (exact) mass is 336 g/mol. The predicted molar refractivity (Wildman–Crippen MR) is 82.5 cm³/mol. The summed E-state index contributed by atoms with van der Waals surface area (Å²) in [6.45, 7) is 2.25. The number of hydrogen-bond donors (Lipinski definition) is 2. The molecule has 0 amide bonds. The largest absolute Gasteiger partial charge is 0.488 e. The zero-order valence-electron chi connectivity index (χ0n) is 11.3. The van der Waals surface area contributed by atoms with E-state index in [1.165, 1.54) is 0 Å². The lowest BCUT2D eigenvalue weighted by atomic mass is 10.2. The van der Waals surface area contributed by atoms with E-state index >= 15 is 0 Å². The minimum atomic E-state index is 0.189. The second-order valence-corrected chi connectivity index (χ2v) is 5.45. The molecule has 0 aliphatic rings. The molecule has 2 rings (SSSR count). The predicted octanol–water partition coefficient (Wildman–Crippen LogP) is 2.08. The number of quaternary nitrogens is 1. The van der Waals surface area contributed by atoms with E-state index < -0.39 is 0 Å². The van der Waals surface area contributed by atoms with E-state index in [9.17, 15) is 0 Å². The fourth-order valence-electron chi connectivity index (χ4n) is 1.93. The van der Waals surface area contributed by atoms with E-state index in [1.807, 2.05) is 30.3 Å². The third-order valence-electron chi connectivity index (χ3n) is 2.96. The first-order valence-electron chi connectivity index (χ1n) is 6.67. The van der Waals surface area contributed by atoms with Gasteiger partial charge in [-0.3, -0.25) is 0 Å². The van der Waals surface area contributed by atoms with E-state index in [2.05, 4.69) is 39.4 Å². The minimum absolute atomic E-state index is 0.189. The number of nitrogens with two attached hydrogens (primary N) is 1. The van der Waals surface area contributed by atoms with E-state index in [0.717, 1.165) is 27.9 Å². The molecule has 3 nitrogen and oxygen atoms in total. The Morgan fingerprint density at radius 1 is 1.10 bits per heavy atom. The number of benzene rings is 2. The highest BCUT2D eigenvalue weighted by Gasteiger charge is 2.07. The molecular formula is C16H19BrNO2+. The van der Waals surface area contributed by atoms with Gasteiger partial charge in [-0.05, 0) is 23.8 Å². The molecule has 0 bridgehead atoms. The van der Waals surface area contributed by atoms with Crippen LogP contribution in [0, 0.1) is 0 Å². The minimum Gasteiger partial charge on any atom is -0.488 e. The van der Waals surface area contributed by atoms with Gasteiger partial charge < -0.3 is 15.2 Å². The Morgan fingerprint density at radius 3 is 2.65 bits per heavy atom. The first kappa shape index (κ1) is 15.0. The van der Waals surface area contributed by atoms with E-state index in [0.29, 0.717) is 13.2 Å². The lowest BCUT2D eigenvalue weighted by molar-refractivity contribution is -0.671. The van der Waals surface area contributed by atoms with Gasteiger partial charge in [0.25, 0.3) is 0 Å². The smallest absolute Gasteiger partial charge is 0.128 e. The second-order valence-electron chi connectivity index (χ2n) is 4.53. The zero-order chi connectivity index (χ0) is 14.2. The summed E-state index contributed by atoms with van der Waals surface area (Å²) < 4.78 is 6.94. The molecule has 0 saturated heterocycles. The van der Waals surface area contributed by atoms with Crippen LogP contribution in [-0.2, 0) is 13.2 Å². The van der Waals surface area contributed by atoms with Crippen LogP contribution in [0.1, 0.15) is 11.1 Å². The summed E-state index contributed by atoms with van der Waals surface area (Å²) in [4.78, 5) is 0. The zero-order valence-corrected chi connectivity index (χ0v) is 12.8. The fourth-order valence-corrected chi connectivity index (χ4v) is 2.34. The van der Waals surface area contributed by atoms with Gasteiger partial charge in [0.15, 0.2) is 0 Å². The maximum atomic E-state index is 8.85. The summed E-state index contributed by atoms with van der Waals surface area (Å²) in [5, 5.41) is 10.9. The van der Waals surface area contributed by atoms with Gasteiger partial charge in [-0.1, -0.05) is 46.3 Å². The van der Waals surface area contributed by atoms with Crippen LogP contribution in [0.4, 0.5) is 0 Å². The number of aliphatic hydroxyl groups excluding tert-OH is 1. The Kier molecular flexibility index (Phi) is 6.05. The van der Waals surface area contributed by atoms with Crippen molar-refractivity contribution in [1.82, 2.24) is 0 Å². The third kappa shape index (κ3) is 4.63. The summed E-state index contributed by atoms with van der Waals surface area (Å²) >= 11 is 3.48. The van der Waals surface area contributed by atoms with Crippen LogP contribution in [0.15, 0.2) is 53.0 Å². The number of ether oxygens (including phenoxy) is 1. The van der Waals surface area contributed by atoms with E-state index in [4.69, 9.17) is 9.84 Å². The van der Waals surface area contributed by atoms with Crippen molar-refractivity contribution in [2.75, 3.05) is 13.2 Å². The van der Waals surface area contributed by atoms with Crippen molar-refractivity contribution in [3.05, 3.63) is 64.1 Å². The van der Waals surface area contributed by atoms with Gasteiger partial charge in [0.05, 0.1) is 13.2 Å². The Bertz CT molecular complexity index is 531. The molecule has 0 radical (unpaired) electrons. The molecule has 0 aliphatic heterocycles. The quantitative estimate of drug-likeness (QED) is 0.760. The molecule has 0 saturated carbocycles. The van der Waals surface area contributed by atoms with Crippen LogP contribution in [-0.4, -0.2) is 18.3 Å². The molecule has 4 heteroatoms. The van der Waals surface area contributed by atoms with E-state index in [1.54, 1.807) is 0 Å². The van der Waals surface area contributed by atoms with Crippen molar-refractivity contribution in [2.24, 2.45) is 0 Å². The maximum absolute atomic E-state index is 8.85. The third-order valence-corrected chi connectivity index (χ3v) is 3.45. The average molecular weight is 337 g/mol. The van der Waals surface area contributed by atoms with Crippen LogP contribution >= 0.6 is 15.9 Å². The molecule has 0 aromatic heterocycles. The number of halogens is 1. The van der Waals surface area contributed by atoms with Crippen LogP contribution < -0.4 is 10.1 Å². The molecule has 0 heterocycles. The molecule has 0 aliphatic carbocycles. The van der Waals surface area contributed by atoms with Gasteiger partial charge in [-0.2, -0.15) is 0 Å². The summed E-state index contributed by atoms with van der Waals surface area (Å²) in [5.41, 5.74) is 2.28.